The van der Waals surface area contributed by atoms with Crippen molar-refractivity contribution >= 4 is 68.4 Å². The molecule has 0 bridgehead atoms. The van der Waals surface area contributed by atoms with E-state index in [0.29, 0.717) is 11.3 Å². The number of aliphatic hydroxyl groups excluding tert-OH is 4. The van der Waals surface area contributed by atoms with Gasteiger partial charge in [-0.15, -0.1) is 13.5 Å². The fourth-order valence-electron chi connectivity index (χ4n) is 11.0. The van der Waals surface area contributed by atoms with Crippen molar-refractivity contribution in [2.45, 2.75) is 113 Å². The number of aliphatic hydroxyl groups is 5. The summed E-state index contributed by atoms with van der Waals surface area (Å²) < 4.78 is 75.5. The van der Waals surface area contributed by atoms with Crippen LogP contribution in [-0.4, -0.2) is 184 Å². The summed E-state index contributed by atoms with van der Waals surface area (Å²) in [5.41, 5.74) is -1.27. The number of ketones is 1. The molecule has 0 radical (unpaired) electrons. The summed E-state index contributed by atoms with van der Waals surface area (Å²) in [7, 11) is -4.19. The lowest BCUT2D eigenvalue weighted by Gasteiger charge is -2.38. The van der Waals surface area contributed by atoms with Gasteiger partial charge in [0, 0.05) is 65.7 Å². The number of halogens is 1. The number of likely N-dealkylation sites (tertiary alicyclic amines) is 1. The number of carboxylic acids is 1. The summed E-state index contributed by atoms with van der Waals surface area (Å²) in [6.07, 6.45) is -7.65. The van der Waals surface area contributed by atoms with Gasteiger partial charge in [0.1, 0.15) is 36.2 Å². The predicted molar refractivity (Wildman–Crippen MR) is 281 cm³/mol. The van der Waals surface area contributed by atoms with Crippen LogP contribution < -0.4 is 24.0 Å². The Morgan fingerprint density at radius 1 is 0.988 bits per heavy atom. The molecule has 2 aliphatic carbocycles. The van der Waals surface area contributed by atoms with Gasteiger partial charge in [-0.25, -0.2) is 18.9 Å². The van der Waals surface area contributed by atoms with Crippen LogP contribution in [0, 0.1) is 5.82 Å². The first-order valence-electron chi connectivity index (χ1n) is 26.0. The van der Waals surface area contributed by atoms with Gasteiger partial charge in [-0.2, -0.15) is 11.8 Å². The largest absolute Gasteiger partial charge is 0.501 e. The number of rotatable bonds is 20. The maximum atomic E-state index is 16.7. The lowest BCUT2D eigenvalue weighted by atomic mass is 9.77. The second-order valence-electron chi connectivity index (χ2n) is 20.3. The number of likely N-dealkylation sites (N-methyl/N-ethyl adjacent to an activating group) is 1. The van der Waals surface area contributed by atoms with E-state index in [1.807, 2.05) is 0 Å². The summed E-state index contributed by atoms with van der Waals surface area (Å²) in [4.78, 5) is 97.8. The van der Waals surface area contributed by atoms with Gasteiger partial charge in [0.15, 0.2) is 35.0 Å². The molecule has 3 aromatic heterocycles. The molecule has 7 N–H and O–H groups in total. The van der Waals surface area contributed by atoms with Crippen molar-refractivity contribution in [3.63, 3.8) is 0 Å². The number of amides is 4. The van der Waals surface area contributed by atoms with E-state index >= 15 is 4.39 Å². The van der Waals surface area contributed by atoms with E-state index < -0.39 is 117 Å². The van der Waals surface area contributed by atoms with Gasteiger partial charge in [-0.3, -0.25) is 33.7 Å². The zero-order valence-corrected chi connectivity index (χ0v) is 46.1. The number of Topliss-reactive ketones (excluding diaryl/α,β-unsaturated/α-hetero) is 1. The number of hydrogen-bond acceptors (Lipinski definition) is 23. The third-order valence-corrected chi connectivity index (χ3v) is 17.0. The Hall–Kier alpha value is -7.49. The minimum atomic E-state index is -5.58. The highest BCUT2D eigenvalue weighted by molar-refractivity contribution is 8.00. The topological polar surface area (TPSA) is 388 Å². The average molecular weight is 1200 g/mol. The van der Waals surface area contributed by atoms with Crippen LogP contribution >= 0.6 is 11.8 Å². The average Bonchev–Trinajstić information content (AvgIpc) is 2.30. The Labute approximate surface area is 474 Å². The minimum Gasteiger partial charge on any atom is -0.479 e. The van der Waals surface area contributed by atoms with E-state index in [0.717, 1.165) is 29.2 Å². The molecule has 5 aliphatic rings. The fourth-order valence-corrected chi connectivity index (χ4v) is 12.4. The molecule has 3 aliphatic heterocycles. The number of fused-ring (bicyclic) bond motifs is 5. The number of imide groups is 1. The maximum Gasteiger partial charge on any atom is 0.501 e. The highest BCUT2D eigenvalue weighted by Crippen LogP contribution is 2.48. The SMILES string of the molecule is CC[C@@]1(O)C(=O)CCc2c1cc1n(c2=O)Cc2c-1nc1cc(F)c(OS(=O)(=O)Oc3cc(C(=O)N(C)CCOCCn4cc(CN5C(=O)CC(SC)C5=O)nn4)ccc3O[C@@H]3O[C@H](C(=O)O)[C@@H](O)[C@H](O)[C@H]3O)c3c1c2[C@@H](NC(=O)CO)CC3. The Morgan fingerprint density at radius 3 is 2.47 bits per heavy atom. The Bertz CT molecular complexity index is 3690. The molecule has 2 fully saturated rings. The number of carbonyl (C=O) groups is 6. The molecular weight excluding hydrogens is 1140 g/mol. The highest BCUT2D eigenvalue weighted by atomic mass is 32.3. The van der Waals surface area contributed by atoms with Crippen molar-refractivity contribution in [3.05, 3.63) is 91.8 Å². The lowest BCUT2D eigenvalue weighted by molar-refractivity contribution is -0.271. The van der Waals surface area contributed by atoms with E-state index in [2.05, 4.69) is 15.6 Å². The summed E-state index contributed by atoms with van der Waals surface area (Å²) in [6, 6.07) is 4.39. The van der Waals surface area contributed by atoms with Crippen LogP contribution in [0.5, 0.6) is 17.2 Å². The number of nitrogens with one attached hydrogen (secondary N) is 1. The number of ether oxygens (including phenoxy) is 3. The number of pyridine rings is 2. The number of carbonyl (C=O) groups excluding carboxylic acids is 5. The number of aromatic nitrogens is 5. The standard InChI is InChI=1S/C52H55FN8O20S2/c1-4-52(74)28-16-32-41-27(21-60(32)48(70)25(28)7-10-36(52)63)40-30(54-37(64)22-62)8-6-26-39(40)31(55-41)17-29(53)45(26)81-83(75,76)80-34-15-23(5-9-33(34)78-51-44(68)42(66)43(67)46(79-51)50(72)73)47(69)58(2)11-13-77-14-12-59-19-24(56-57-59)20-61-38(65)18-35(82-3)49(61)71/h5,9,15-17,19,30,35,42-44,46,51,62,66-68,74H,4,6-8,10-14,18,20-22H2,1-3H3,(H,54,64)(H,72,73)/t30-,35?,42-,43-,44+,46-,51+,52-/m0/s1. The van der Waals surface area contributed by atoms with Crippen LogP contribution in [0.25, 0.3) is 22.3 Å². The van der Waals surface area contributed by atoms with Crippen molar-refractivity contribution in [2.24, 2.45) is 0 Å². The van der Waals surface area contributed by atoms with Crippen LogP contribution in [0.1, 0.15) is 82.5 Å². The van der Waals surface area contributed by atoms with E-state index in [1.54, 1.807) is 19.4 Å². The first-order valence-corrected chi connectivity index (χ1v) is 28.7. The minimum absolute atomic E-state index is 0.0354. The molecule has 83 heavy (non-hydrogen) atoms. The molecule has 0 saturated carbocycles. The van der Waals surface area contributed by atoms with Gasteiger partial charge in [-0.05, 0) is 61.8 Å². The zero-order chi connectivity index (χ0) is 59.6. The smallest absolute Gasteiger partial charge is 0.479 e. The molecule has 0 spiro atoms. The van der Waals surface area contributed by atoms with Crippen molar-refractivity contribution in [1.29, 1.82) is 0 Å². The van der Waals surface area contributed by atoms with Gasteiger partial charge in [0.25, 0.3) is 11.5 Å². The summed E-state index contributed by atoms with van der Waals surface area (Å²) >= 11 is 1.29. The van der Waals surface area contributed by atoms with E-state index in [9.17, 15) is 72.6 Å². The Morgan fingerprint density at radius 2 is 1.76 bits per heavy atom. The molecule has 28 nitrogen and oxygen atoms in total. The molecular formula is C52H55FN8O20S2. The number of hydrogen-bond donors (Lipinski definition) is 7. The molecule has 442 valence electrons. The predicted octanol–water partition coefficient (Wildman–Crippen LogP) is -0.883. The Kier molecular flexibility index (Phi) is 16.2. The van der Waals surface area contributed by atoms with Crippen molar-refractivity contribution in [3.8, 4) is 28.6 Å². The van der Waals surface area contributed by atoms with Crippen molar-refractivity contribution in [1.82, 2.24) is 39.7 Å². The number of aryl methyl sites for hydroxylation is 1. The quantitative estimate of drug-likeness (QED) is 0.0360. The Balaban J connectivity index is 0.920. The van der Waals surface area contributed by atoms with Crippen molar-refractivity contribution in [2.75, 3.05) is 39.7 Å². The maximum absolute atomic E-state index is 16.7. The van der Waals surface area contributed by atoms with Crippen molar-refractivity contribution < 1.29 is 94.8 Å². The highest BCUT2D eigenvalue weighted by Gasteiger charge is 2.49. The summed E-state index contributed by atoms with van der Waals surface area (Å²) in [5.74, 6) is -8.14. The van der Waals surface area contributed by atoms with Gasteiger partial charge < -0.3 is 68.0 Å². The summed E-state index contributed by atoms with van der Waals surface area (Å²) in [6.45, 7) is 0.674. The van der Waals surface area contributed by atoms with Crippen LogP contribution in [0.2, 0.25) is 0 Å². The third kappa shape index (κ3) is 10.9. The van der Waals surface area contributed by atoms with Gasteiger partial charge >= 0.3 is 16.4 Å². The number of thioether (sulfide) groups is 1. The molecule has 10 rings (SSSR count). The normalized spacial score (nSPS) is 23.7. The van der Waals surface area contributed by atoms with E-state index in [4.69, 9.17) is 27.6 Å². The molecule has 2 aromatic carbocycles. The molecule has 5 aromatic rings. The second-order valence-corrected chi connectivity index (χ2v) is 22.5. The zero-order valence-electron chi connectivity index (χ0n) is 44.4. The van der Waals surface area contributed by atoms with Crippen LogP contribution in [0.3, 0.4) is 0 Å². The van der Waals surface area contributed by atoms with Crippen LogP contribution in [0.4, 0.5) is 4.39 Å². The molecule has 8 atom stereocenters. The fraction of sp³-hybridized carbons (Fsp3) is 0.462. The van der Waals surface area contributed by atoms with Gasteiger partial charge in [0.2, 0.25) is 24.0 Å². The summed E-state index contributed by atoms with van der Waals surface area (Å²) in [5, 5.41) is 73.1. The lowest BCUT2D eigenvalue weighted by Crippen LogP contribution is -2.61. The van der Waals surface area contributed by atoms with Crippen LogP contribution in [0.15, 0.2) is 41.3 Å². The molecule has 31 heteroatoms. The number of nitrogens with zero attached hydrogens (tertiary/aromatic N) is 7. The third-order valence-electron chi connectivity index (χ3n) is 15.3. The second kappa shape index (κ2) is 22.9. The molecule has 4 amide bonds. The van der Waals surface area contributed by atoms with Gasteiger partial charge in [-0.1, -0.05) is 12.1 Å². The molecule has 2 saturated heterocycles. The number of aliphatic carboxylic acids is 1. The number of carboxylic acid groups (broad SMARTS) is 1. The van der Waals surface area contributed by atoms with Gasteiger partial charge in [0.05, 0.1) is 67.2 Å². The van der Waals surface area contributed by atoms with E-state index in [-0.39, 0.29) is 140 Å². The molecule has 6 heterocycles. The first kappa shape index (κ1) is 58.7. The molecule has 1 unspecified atom stereocenters. The van der Waals surface area contributed by atoms with E-state index in [1.165, 1.54) is 39.0 Å². The monoisotopic (exact) mass is 1190 g/mol. The first-order chi connectivity index (χ1) is 39.5. The number of benzene rings is 2. The van der Waals surface area contributed by atoms with Crippen LogP contribution in [-0.2, 0) is 81.9 Å².